The number of nitrogen functional groups attached to an aromatic ring is 1. The Kier molecular flexibility index (Phi) is 7.01. The number of esters is 1. The van der Waals surface area contributed by atoms with Gasteiger partial charge < -0.3 is 15.9 Å². The van der Waals surface area contributed by atoms with E-state index in [1.54, 1.807) is 0 Å². The molecule has 3 N–H and O–H groups in total. The zero-order valence-electron chi connectivity index (χ0n) is 13.5. The van der Waals surface area contributed by atoms with E-state index < -0.39 is 17.6 Å². The third-order valence-corrected chi connectivity index (χ3v) is 3.82. The Bertz CT molecular complexity index is 631. The second-order valence-electron chi connectivity index (χ2n) is 5.30. The van der Waals surface area contributed by atoms with Crippen molar-refractivity contribution in [1.82, 2.24) is 20.2 Å². The minimum absolute atomic E-state index is 0.0556. The van der Waals surface area contributed by atoms with E-state index in [1.165, 1.54) is 14.0 Å². The highest BCUT2D eigenvalue weighted by Crippen LogP contribution is 2.12. The van der Waals surface area contributed by atoms with E-state index in [-0.39, 0.29) is 28.4 Å². The van der Waals surface area contributed by atoms with Gasteiger partial charge in [-0.15, -0.1) is 10.2 Å². The highest BCUT2D eigenvalue weighted by molar-refractivity contribution is 7.99. The second-order valence-corrected chi connectivity index (χ2v) is 6.25. The number of ether oxygens (including phenoxy) is 1. The Morgan fingerprint density at radius 2 is 2.04 bits per heavy atom. The molecule has 0 aliphatic carbocycles. The fourth-order valence-corrected chi connectivity index (χ4v) is 2.43. The van der Waals surface area contributed by atoms with Crippen LogP contribution in [0.25, 0.3) is 0 Å². The molecule has 0 unspecified atom stereocenters. The van der Waals surface area contributed by atoms with Gasteiger partial charge in [0, 0.05) is 0 Å². The van der Waals surface area contributed by atoms with Crippen molar-refractivity contribution < 1.29 is 14.3 Å². The minimum Gasteiger partial charge on any atom is -0.467 e. The monoisotopic (exact) mass is 343 g/mol. The molecular weight excluding hydrogens is 322 g/mol. The van der Waals surface area contributed by atoms with Crippen molar-refractivity contribution in [3.05, 3.63) is 16.0 Å². The van der Waals surface area contributed by atoms with Crippen LogP contribution in [0.15, 0.2) is 9.95 Å². The minimum atomic E-state index is -0.711. The third kappa shape index (κ3) is 5.55. The molecule has 1 aromatic heterocycles. The van der Waals surface area contributed by atoms with E-state index in [4.69, 9.17) is 5.84 Å². The van der Waals surface area contributed by atoms with Gasteiger partial charge in [-0.2, -0.15) is 4.68 Å². The number of rotatable bonds is 7. The van der Waals surface area contributed by atoms with Crippen LogP contribution in [0, 0.1) is 12.8 Å². The van der Waals surface area contributed by atoms with E-state index in [0.717, 1.165) is 16.4 Å². The van der Waals surface area contributed by atoms with Crippen molar-refractivity contribution in [1.29, 1.82) is 0 Å². The van der Waals surface area contributed by atoms with E-state index in [9.17, 15) is 14.4 Å². The van der Waals surface area contributed by atoms with Crippen LogP contribution in [0.3, 0.4) is 0 Å². The summed E-state index contributed by atoms with van der Waals surface area (Å²) in [6, 6.07) is -0.711. The summed E-state index contributed by atoms with van der Waals surface area (Å²) in [7, 11) is 1.27. The zero-order valence-corrected chi connectivity index (χ0v) is 14.3. The van der Waals surface area contributed by atoms with E-state index in [0.29, 0.717) is 6.42 Å². The predicted octanol–water partition coefficient (Wildman–Crippen LogP) is -0.543. The van der Waals surface area contributed by atoms with Crippen molar-refractivity contribution in [3.63, 3.8) is 0 Å². The van der Waals surface area contributed by atoms with Crippen molar-refractivity contribution in [3.8, 4) is 0 Å². The smallest absolute Gasteiger partial charge is 0.328 e. The molecule has 1 rings (SSSR count). The highest BCUT2D eigenvalue weighted by atomic mass is 32.2. The van der Waals surface area contributed by atoms with Crippen LogP contribution in [-0.2, 0) is 14.3 Å². The van der Waals surface area contributed by atoms with Crippen LogP contribution in [0.4, 0.5) is 0 Å². The lowest BCUT2D eigenvalue weighted by Crippen LogP contribution is -2.43. The fourth-order valence-electron chi connectivity index (χ4n) is 1.76. The number of nitrogens with two attached hydrogens (primary N) is 1. The van der Waals surface area contributed by atoms with E-state index >= 15 is 0 Å². The molecule has 0 aliphatic heterocycles. The highest BCUT2D eigenvalue weighted by Gasteiger charge is 2.22. The van der Waals surface area contributed by atoms with Crippen LogP contribution >= 0.6 is 11.8 Å². The molecule has 10 heteroatoms. The molecule has 0 aliphatic rings. The van der Waals surface area contributed by atoms with Gasteiger partial charge in [-0.25, -0.2) is 4.79 Å². The van der Waals surface area contributed by atoms with Gasteiger partial charge >= 0.3 is 5.97 Å². The number of aromatic nitrogens is 3. The Labute approximate surface area is 137 Å². The van der Waals surface area contributed by atoms with Crippen molar-refractivity contribution in [2.75, 3.05) is 18.7 Å². The molecule has 0 radical (unpaired) electrons. The first-order valence-corrected chi connectivity index (χ1v) is 7.96. The molecule has 23 heavy (non-hydrogen) atoms. The number of amides is 1. The first kappa shape index (κ1) is 18.9. The van der Waals surface area contributed by atoms with Crippen molar-refractivity contribution >= 4 is 23.6 Å². The van der Waals surface area contributed by atoms with Crippen molar-refractivity contribution in [2.24, 2.45) is 5.92 Å². The molecule has 1 atom stereocenters. The largest absolute Gasteiger partial charge is 0.467 e. The lowest BCUT2D eigenvalue weighted by Gasteiger charge is -2.18. The number of nitrogens with one attached hydrogen (secondary N) is 1. The number of carbonyl (C=O) groups excluding carboxylic acids is 2. The van der Waals surface area contributed by atoms with E-state index in [1.807, 2.05) is 13.8 Å². The van der Waals surface area contributed by atoms with Crippen LogP contribution < -0.4 is 16.7 Å². The summed E-state index contributed by atoms with van der Waals surface area (Å²) < 4.78 is 5.52. The predicted molar refractivity (Wildman–Crippen MR) is 85.3 cm³/mol. The summed E-state index contributed by atoms with van der Waals surface area (Å²) in [6.07, 6.45) is 0.467. The molecule has 128 valence electrons. The Morgan fingerprint density at radius 1 is 1.39 bits per heavy atom. The summed E-state index contributed by atoms with van der Waals surface area (Å²) in [4.78, 5) is 35.3. The summed E-state index contributed by atoms with van der Waals surface area (Å²) >= 11 is 0.958. The molecule has 9 nitrogen and oxygen atoms in total. The van der Waals surface area contributed by atoms with Crippen LogP contribution in [-0.4, -0.2) is 45.7 Å². The first-order chi connectivity index (χ1) is 10.8. The zero-order chi connectivity index (χ0) is 17.6. The molecule has 0 aromatic carbocycles. The molecule has 0 saturated heterocycles. The normalized spacial score (nSPS) is 12.0. The lowest BCUT2D eigenvalue weighted by atomic mass is 10.0. The quantitative estimate of drug-likeness (QED) is 0.383. The van der Waals surface area contributed by atoms with E-state index in [2.05, 4.69) is 20.3 Å². The summed E-state index contributed by atoms with van der Waals surface area (Å²) in [5.41, 5.74) is -0.306. The first-order valence-electron chi connectivity index (χ1n) is 6.97. The SMILES string of the molecule is COC(=O)[C@H](CC(C)C)NC(=O)CSc1nnc(C)c(=O)n1N. The number of hydrogen-bond donors (Lipinski definition) is 2. The molecule has 0 fully saturated rings. The second kappa shape index (κ2) is 8.51. The average Bonchev–Trinajstić information content (AvgIpc) is 2.50. The van der Waals surface area contributed by atoms with Gasteiger partial charge in [-0.3, -0.25) is 9.59 Å². The Hall–Kier alpha value is -2.10. The lowest BCUT2D eigenvalue weighted by molar-refractivity contribution is -0.145. The van der Waals surface area contributed by atoms with Crippen LogP contribution in [0.1, 0.15) is 26.0 Å². The van der Waals surface area contributed by atoms with Gasteiger partial charge in [0.1, 0.15) is 11.7 Å². The molecule has 1 aromatic rings. The number of aryl methyl sites for hydroxylation is 1. The van der Waals surface area contributed by atoms with Gasteiger partial charge in [0.15, 0.2) is 0 Å². The summed E-state index contributed by atoms with van der Waals surface area (Å²) in [5, 5.41) is 10.2. The maximum absolute atomic E-state index is 12.0. The molecule has 1 amide bonds. The van der Waals surface area contributed by atoms with Crippen molar-refractivity contribution in [2.45, 2.75) is 38.4 Å². The number of hydrogen-bond acceptors (Lipinski definition) is 8. The topological polar surface area (TPSA) is 129 Å². The molecular formula is C13H21N5O4S. The third-order valence-electron chi connectivity index (χ3n) is 2.88. The average molecular weight is 343 g/mol. The summed E-state index contributed by atoms with van der Waals surface area (Å²) in [5.74, 6) is 4.85. The van der Waals surface area contributed by atoms with Gasteiger partial charge in [0.05, 0.1) is 12.9 Å². The molecule has 0 bridgehead atoms. The van der Waals surface area contributed by atoms with Gasteiger partial charge in [0.25, 0.3) is 5.56 Å². The maximum atomic E-state index is 12.0. The molecule has 1 heterocycles. The standard InChI is InChI=1S/C13H21N5O4S/c1-7(2)5-9(12(21)22-4)15-10(19)6-23-13-17-16-8(3)11(20)18(13)14/h7,9H,5-6,14H2,1-4H3,(H,15,19)/t9-/m0/s1. The maximum Gasteiger partial charge on any atom is 0.328 e. The van der Waals surface area contributed by atoms with Gasteiger partial charge in [0.2, 0.25) is 11.1 Å². The van der Waals surface area contributed by atoms with Gasteiger partial charge in [-0.05, 0) is 19.3 Å². The van der Waals surface area contributed by atoms with Crippen LogP contribution in [0.2, 0.25) is 0 Å². The van der Waals surface area contributed by atoms with Crippen LogP contribution in [0.5, 0.6) is 0 Å². The molecule has 0 saturated carbocycles. The molecule has 0 spiro atoms. The summed E-state index contributed by atoms with van der Waals surface area (Å²) in [6.45, 7) is 5.37. The van der Waals surface area contributed by atoms with Gasteiger partial charge in [-0.1, -0.05) is 25.6 Å². The number of methoxy groups -OCH3 is 1. The fraction of sp³-hybridized carbons (Fsp3) is 0.615. The number of carbonyl (C=O) groups is 2. The Morgan fingerprint density at radius 3 is 2.61 bits per heavy atom. The Balaban J connectivity index is 2.67. The number of thioether (sulfide) groups is 1. The number of nitrogens with zero attached hydrogens (tertiary/aromatic N) is 3.